The van der Waals surface area contributed by atoms with Crippen molar-refractivity contribution in [3.63, 3.8) is 0 Å². The molecule has 4 amide bonds. The van der Waals surface area contributed by atoms with Crippen LogP contribution >= 0.6 is 0 Å². The highest BCUT2D eigenvalue weighted by Gasteiger charge is 2.49. The van der Waals surface area contributed by atoms with Crippen molar-refractivity contribution < 1.29 is 22.8 Å². The van der Waals surface area contributed by atoms with Gasteiger partial charge in [-0.05, 0) is 19.4 Å². The number of nitrogens with one attached hydrogen (secondary N) is 1. The number of aryl methyl sites for hydroxylation is 1. The van der Waals surface area contributed by atoms with Crippen molar-refractivity contribution in [1.82, 2.24) is 20.0 Å². The second-order valence-electron chi connectivity index (χ2n) is 8.16. The summed E-state index contributed by atoms with van der Waals surface area (Å²) < 4.78 is 22.6. The largest absolute Gasteiger partial charge is 0.339 e. The molecular formula is C20H28N4O5S. The third kappa shape index (κ3) is 4.81. The van der Waals surface area contributed by atoms with E-state index in [1.54, 1.807) is 24.0 Å². The number of carbonyl (C=O) groups excluding carboxylic acids is 3. The number of piperazine rings is 1. The molecule has 3 rings (SSSR count). The Morgan fingerprint density at radius 1 is 1.10 bits per heavy atom. The number of hydrogen-bond donors (Lipinski definition) is 1. The monoisotopic (exact) mass is 436 g/mol. The van der Waals surface area contributed by atoms with Crippen LogP contribution < -0.4 is 5.32 Å². The van der Waals surface area contributed by atoms with E-state index in [-0.39, 0.29) is 18.2 Å². The molecule has 2 aliphatic heterocycles. The Balaban J connectivity index is 1.59. The first kappa shape index (κ1) is 22.2. The number of benzene rings is 1. The molecule has 2 aliphatic rings. The maximum Gasteiger partial charge on any atom is 0.325 e. The fourth-order valence-electron chi connectivity index (χ4n) is 3.67. The fourth-order valence-corrected chi connectivity index (χ4v) is 4.26. The highest BCUT2D eigenvalue weighted by Crippen LogP contribution is 2.29. The zero-order valence-corrected chi connectivity index (χ0v) is 18.4. The lowest BCUT2D eigenvalue weighted by Crippen LogP contribution is -2.52. The lowest BCUT2D eigenvalue weighted by Gasteiger charge is -2.35. The van der Waals surface area contributed by atoms with E-state index in [0.29, 0.717) is 38.3 Å². The molecule has 1 aromatic rings. The van der Waals surface area contributed by atoms with Crippen molar-refractivity contribution in [3.8, 4) is 0 Å². The van der Waals surface area contributed by atoms with E-state index in [2.05, 4.69) is 5.32 Å². The molecule has 0 saturated carbocycles. The second-order valence-corrected chi connectivity index (χ2v) is 10.4. The van der Waals surface area contributed by atoms with Crippen LogP contribution in [0.1, 0.15) is 18.1 Å². The van der Waals surface area contributed by atoms with Gasteiger partial charge in [0.1, 0.15) is 21.9 Å². The Morgan fingerprint density at radius 3 is 2.27 bits per heavy atom. The van der Waals surface area contributed by atoms with Crippen molar-refractivity contribution in [2.45, 2.75) is 19.4 Å². The number of nitrogens with zero attached hydrogens (tertiary/aromatic N) is 3. The smallest absolute Gasteiger partial charge is 0.325 e. The van der Waals surface area contributed by atoms with Gasteiger partial charge in [-0.1, -0.05) is 29.8 Å². The first-order valence-corrected chi connectivity index (χ1v) is 11.9. The quantitative estimate of drug-likeness (QED) is 0.627. The van der Waals surface area contributed by atoms with E-state index >= 15 is 0 Å². The molecule has 0 bridgehead atoms. The van der Waals surface area contributed by atoms with Gasteiger partial charge >= 0.3 is 6.03 Å². The van der Waals surface area contributed by atoms with Gasteiger partial charge in [-0.15, -0.1) is 0 Å². The summed E-state index contributed by atoms with van der Waals surface area (Å²) in [6.45, 7) is 5.68. The van der Waals surface area contributed by atoms with E-state index < -0.39 is 27.3 Å². The van der Waals surface area contributed by atoms with Crippen molar-refractivity contribution in [2.24, 2.45) is 0 Å². The molecule has 2 fully saturated rings. The minimum atomic E-state index is -3.03. The molecule has 1 unspecified atom stereocenters. The molecule has 2 heterocycles. The molecular weight excluding hydrogens is 408 g/mol. The molecule has 9 nitrogen and oxygen atoms in total. The van der Waals surface area contributed by atoms with Gasteiger partial charge in [-0.2, -0.15) is 0 Å². The minimum Gasteiger partial charge on any atom is -0.339 e. The summed E-state index contributed by atoms with van der Waals surface area (Å²) in [6.07, 6.45) is 1.20. The molecule has 164 valence electrons. The van der Waals surface area contributed by atoms with E-state index in [0.717, 1.165) is 10.5 Å². The highest BCUT2D eigenvalue weighted by molar-refractivity contribution is 7.90. The zero-order valence-electron chi connectivity index (χ0n) is 17.6. The Hall–Kier alpha value is -2.46. The summed E-state index contributed by atoms with van der Waals surface area (Å²) >= 11 is 0. The molecule has 1 aromatic carbocycles. The van der Waals surface area contributed by atoms with Crippen LogP contribution in [-0.2, 0) is 25.0 Å². The number of amides is 4. The Morgan fingerprint density at radius 2 is 1.70 bits per heavy atom. The number of imide groups is 1. The Bertz CT molecular complexity index is 938. The molecule has 0 spiro atoms. The van der Waals surface area contributed by atoms with Gasteiger partial charge in [-0.3, -0.25) is 19.4 Å². The molecule has 0 aromatic heterocycles. The average molecular weight is 437 g/mol. The molecule has 0 radical (unpaired) electrons. The van der Waals surface area contributed by atoms with Crippen LogP contribution in [0.2, 0.25) is 0 Å². The van der Waals surface area contributed by atoms with Crippen LogP contribution in [0.15, 0.2) is 24.3 Å². The van der Waals surface area contributed by atoms with Crippen LogP contribution in [0.5, 0.6) is 0 Å². The number of urea groups is 1. The number of carbonyl (C=O) groups is 3. The zero-order chi connectivity index (χ0) is 22.1. The van der Waals surface area contributed by atoms with Gasteiger partial charge in [0.2, 0.25) is 5.91 Å². The molecule has 1 atom stereocenters. The van der Waals surface area contributed by atoms with E-state index in [4.69, 9.17) is 0 Å². The van der Waals surface area contributed by atoms with E-state index in [1.165, 1.54) is 6.26 Å². The van der Waals surface area contributed by atoms with Crippen LogP contribution in [0, 0.1) is 6.92 Å². The summed E-state index contributed by atoms with van der Waals surface area (Å²) in [5, 5.41) is 2.71. The molecule has 30 heavy (non-hydrogen) atoms. The van der Waals surface area contributed by atoms with Crippen molar-refractivity contribution in [3.05, 3.63) is 35.4 Å². The van der Waals surface area contributed by atoms with Crippen LogP contribution in [0.25, 0.3) is 0 Å². The van der Waals surface area contributed by atoms with Gasteiger partial charge in [0, 0.05) is 39.0 Å². The van der Waals surface area contributed by atoms with E-state index in [9.17, 15) is 22.8 Å². The van der Waals surface area contributed by atoms with Crippen molar-refractivity contribution in [2.75, 3.05) is 51.3 Å². The molecule has 10 heteroatoms. The summed E-state index contributed by atoms with van der Waals surface area (Å²) in [7, 11) is -3.03. The summed E-state index contributed by atoms with van der Waals surface area (Å²) in [5.74, 6) is -0.660. The van der Waals surface area contributed by atoms with Gasteiger partial charge in [-0.25, -0.2) is 13.2 Å². The number of rotatable bonds is 6. The van der Waals surface area contributed by atoms with Crippen molar-refractivity contribution in [1.29, 1.82) is 0 Å². The normalized spacial score (nSPS) is 23.0. The topological polar surface area (TPSA) is 107 Å². The third-order valence-corrected chi connectivity index (χ3v) is 6.62. The Kier molecular flexibility index (Phi) is 6.19. The van der Waals surface area contributed by atoms with Crippen LogP contribution in [-0.4, -0.2) is 92.2 Å². The van der Waals surface area contributed by atoms with Crippen LogP contribution in [0.4, 0.5) is 4.79 Å². The third-order valence-electron chi connectivity index (χ3n) is 5.70. The van der Waals surface area contributed by atoms with Crippen molar-refractivity contribution >= 4 is 27.7 Å². The fraction of sp³-hybridized carbons (Fsp3) is 0.550. The average Bonchev–Trinajstić information content (AvgIpc) is 2.90. The highest BCUT2D eigenvalue weighted by atomic mass is 32.2. The lowest BCUT2D eigenvalue weighted by atomic mass is 9.91. The standard InChI is InChI=1S/C20H28N4O5S/c1-15-4-6-16(7-5-15)20(2)18(26)24(19(27)21-20)14-17(25)23-10-8-22(9-11-23)12-13-30(3,28)29/h4-7H,8-14H2,1-3H3,(H,21,27). The predicted molar refractivity (Wildman–Crippen MR) is 112 cm³/mol. The van der Waals surface area contributed by atoms with Gasteiger partial charge in [0.15, 0.2) is 0 Å². The second kappa shape index (κ2) is 8.35. The summed E-state index contributed by atoms with van der Waals surface area (Å²) in [4.78, 5) is 42.7. The first-order valence-electron chi connectivity index (χ1n) is 9.89. The molecule has 1 N–H and O–H groups in total. The SMILES string of the molecule is Cc1ccc(C2(C)NC(=O)N(CC(=O)N3CCN(CCS(C)(=O)=O)CC3)C2=O)cc1. The predicted octanol–water partition coefficient (Wildman–Crippen LogP) is -0.0492. The van der Waals surface area contributed by atoms with Gasteiger partial charge in [0.05, 0.1) is 5.75 Å². The number of hydrogen-bond acceptors (Lipinski definition) is 6. The summed E-state index contributed by atoms with van der Waals surface area (Å²) in [6, 6.07) is 6.76. The maximum absolute atomic E-state index is 13.0. The first-order chi connectivity index (χ1) is 14.0. The maximum atomic E-state index is 13.0. The Labute approximate surface area is 176 Å². The molecule has 0 aliphatic carbocycles. The van der Waals surface area contributed by atoms with Gasteiger partial charge < -0.3 is 10.2 Å². The minimum absolute atomic E-state index is 0.0843. The summed E-state index contributed by atoms with van der Waals surface area (Å²) in [5.41, 5.74) is 0.512. The number of sulfone groups is 1. The van der Waals surface area contributed by atoms with Gasteiger partial charge in [0.25, 0.3) is 5.91 Å². The lowest BCUT2D eigenvalue weighted by molar-refractivity contribution is -0.139. The molecule has 2 saturated heterocycles. The van der Waals surface area contributed by atoms with Crippen LogP contribution in [0.3, 0.4) is 0 Å². The van der Waals surface area contributed by atoms with E-state index in [1.807, 2.05) is 24.0 Å².